The summed E-state index contributed by atoms with van der Waals surface area (Å²) < 4.78 is 1.99. The number of benzene rings is 1. The summed E-state index contributed by atoms with van der Waals surface area (Å²) in [6.45, 7) is 11.1. The van der Waals surface area contributed by atoms with Gasteiger partial charge in [-0.2, -0.15) is 5.10 Å². The van der Waals surface area contributed by atoms with Crippen molar-refractivity contribution < 1.29 is 5.11 Å². The van der Waals surface area contributed by atoms with Crippen LogP contribution in [0.4, 0.5) is 0 Å². The molecular formula is C18H26N2O. The quantitative estimate of drug-likeness (QED) is 0.913. The molecule has 0 spiro atoms. The molecule has 1 aromatic heterocycles. The Balaban J connectivity index is 2.31. The van der Waals surface area contributed by atoms with Crippen LogP contribution in [0.15, 0.2) is 24.3 Å². The molecule has 0 aliphatic carbocycles. The van der Waals surface area contributed by atoms with Gasteiger partial charge in [0.25, 0.3) is 0 Å². The second kappa shape index (κ2) is 6.02. The van der Waals surface area contributed by atoms with Crippen LogP contribution in [0.25, 0.3) is 0 Å². The van der Waals surface area contributed by atoms with E-state index in [4.69, 9.17) is 0 Å². The first-order valence-electron chi connectivity index (χ1n) is 7.73. The fourth-order valence-corrected chi connectivity index (χ4v) is 2.64. The van der Waals surface area contributed by atoms with Crippen LogP contribution < -0.4 is 0 Å². The highest BCUT2D eigenvalue weighted by molar-refractivity contribution is 5.34. The van der Waals surface area contributed by atoms with E-state index in [1.165, 1.54) is 11.1 Å². The molecule has 0 radical (unpaired) electrons. The van der Waals surface area contributed by atoms with E-state index >= 15 is 0 Å². The van der Waals surface area contributed by atoms with Gasteiger partial charge >= 0.3 is 0 Å². The largest absolute Gasteiger partial charge is 0.385 e. The Labute approximate surface area is 127 Å². The van der Waals surface area contributed by atoms with Crippen LogP contribution in [0.1, 0.15) is 48.8 Å². The van der Waals surface area contributed by atoms with Crippen molar-refractivity contribution in [1.29, 1.82) is 0 Å². The van der Waals surface area contributed by atoms with E-state index in [0.717, 1.165) is 29.9 Å². The van der Waals surface area contributed by atoms with E-state index in [1.807, 2.05) is 17.7 Å². The van der Waals surface area contributed by atoms with Gasteiger partial charge in [-0.15, -0.1) is 0 Å². The second-order valence-electron chi connectivity index (χ2n) is 6.05. The van der Waals surface area contributed by atoms with Gasteiger partial charge in [-0.1, -0.05) is 25.1 Å². The van der Waals surface area contributed by atoms with Crippen molar-refractivity contribution in [2.75, 3.05) is 0 Å². The van der Waals surface area contributed by atoms with Gasteiger partial charge in [0.05, 0.1) is 11.3 Å². The lowest BCUT2D eigenvalue weighted by Gasteiger charge is -2.25. The van der Waals surface area contributed by atoms with E-state index < -0.39 is 5.60 Å². The third-order valence-electron chi connectivity index (χ3n) is 4.23. The summed E-state index contributed by atoms with van der Waals surface area (Å²) in [5.41, 5.74) is 4.73. The van der Waals surface area contributed by atoms with Crippen molar-refractivity contribution >= 4 is 0 Å². The van der Waals surface area contributed by atoms with Crippen molar-refractivity contribution in [3.8, 4) is 0 Å². The summed E-state index contributed by atoms with van der Waals surface area (Å²) in [4.78, 5) is 0. The van der Waals surface area contributed by atoms with Crippen LogP contribution in [0.2, 0.25) is 0 Å². The zero-order valence-corrected chi connectivity index (χ0v) is 13.8. The Morgan fingerprint density at radius 2 is 1.86 bits per heavy atom. The van der Waals surface area contributed by atoms with Crippen molar-refractivity contribution in [1.82, 2.24) is 9.78 Å². The third kappa shape index (κ3) is 3.35. The topological polar surface area (TPSA) is 38.0 Å². The zero-order chi connectivity index (χ0) is 15.6. The van der Waals surface area contributed by atoms with E-state index in [9.17, 15) is 5.11 Å². The van der Waals surface area contributed by atoms with Crippen molar-refractivity contribution in [3.63, 3.8) is 0 Å². The number of rotatable bonds is 5. The maximum absolute atomic E-state index is 10.9. The molecule has 0 aliphatic heterocycles. The standard InChI is InChI=1S/C18H26N2O/c1-6-16-11-17(20(7-2)19-16)12-18(5,21)15-9-8-13(3)14(4)10-15/h8-11,21H,6-7,12H2,1-5H3. The molecule has 21 heavy (non-hydrogen) atoms. The van der Waals surface area contributed by atoms with Gasteiger partial charge in [-0.3, -0.25) is 4.68 Å². The number of aliphatic hydroxyl groups is 1. The summed E-state index contributed by atoms with van der Waals surface area (Å²) >= 11 is 0. The Hall–Kier alpha value is -1.61. The maximum atomic E-state index is 10.9. The fourth-order valence-electron chi connectivity index (χ4n) is 2.64. The van der Waals surface area contributed by atoms with E-state index in [2.05, 4.69) is 51.0 Å². The molecule has 0 aliphatic rings. The van der Waals surface area contributed by atoms with Gasteiger partial charge in [0, 0.05) is 18.7 Å². The number of aromatic nitrogens is 2. The molecule has 3 nitrogen and oxygen atoms in total. The molecule has 0 saturated heterocycles. The number of hydrogen-bond donors (Lipinski definition) is 1. The van der Waals surface area contributed by atoms with Crippen LogP contribution in [0.3, 0.4) is 0 Å². The summed E-state index contributed by atoms with van der Waals surface area (Å²) in [7, 11) is 0. The van der Waals surface area contributed by atoms with Crippen LogP contribution in [-0.2, 0) is 25.0 Å². The van der Waals surface area contributed by atoms with Gasteiger partial charge in [0.1, 0.15) is 0 Å². The van der Waals surface area contributed by atoms with E-state index in [1.54, 1.807) is 0 Å². The molecule has 1 aromatic carbocycles. The van der Waals surface area contributed by atoms with Crippen LogP contribution in [0, 0.1) is 13.8 Å². The fraction of sp³-hybridized carbons (Fsp3) is 0.500. The molecule has 1 N–H and O–H groups in total. The number of hydrogen-bond acceptors (Lipinski definition) is 2. The predicted octanol–water partition coefficient (Wildman–Crippen LogP) is 3.53. The highest BCUT2D eigenvalue weighted by Gasteiger charge is 2.26. The molecule has 1 unspecified atom stereocenters. The average Bonchev–Trinajstić information content (AvgIpc) is 2.83. The van der Waals surface area contributed by atoms with Gasteiger partial charge in [0.2, 0.25) is 0 Å². The Morgan fingerprint density at radius 1 is 1.14 bits per heavy atom. The second-order valence-corrected chi connectivity index (χ2v) is 6.05. The maximum Gasteiger partial charge on any atom is 0.0923 e. The monoisotopic (exact) mass is 286 g/mol. The summed E-state index contributed by atoms with van der Waals surface area (Å²) in [5.74, 6) is 0. The number of nitrogens with zero attached hydrogens (tertiary/aromatic N) is 2. The lowest BCUT2D eigenvalue weighted by Crippen LogP contribution is -2.26. The van der Waals surface area contributed by atoms with Crippen LogP contribution in [0.5, 0.6) is 0 Å². The highest BCUT2D eigenvalue weighted by Crippen LogP contribution is 2.27. The molecule has 0 fully saturated rings. The molecule has 2 aromatic rings. The van der Waals surface area contributed by atoms with Crippen molar-refractivity contribution in [2.24, 2.45) is 0 Å². The Morgan fingerprint density at radius 3 is 2.43 bits per heavy atom. The summed E-state index contributed by atoms with van der Waals surface area (Å²) in [6.07, 6.45) is 1.50. The van der Waals surface area contributed by atoms with Gasteiger partial charge in [-0.25, -0.2) is 0 Å². The van der Waals surface area contributed by atoms with Gasteiger partial charge in [0.15, 0.2) is 0 Å². The smallest absolute Gasteiger partial charge is 0.0923 e. The molecule has 114 valence electrons. The SMILES string of the molecule is CCc1cc(CC(C)(O)c2ccc(C)c(C)c2)n(CC)n1. The van der Waals surface area contributed by atoms with Gasteiger partial charge < -0.3 is 5.11 Å². The molecule has 2 rings (SSSR count). The molecular weight excluding hydrogens is 260 g/mol. The molecule has 0 amide bonds. The summed E-state index contributed by atoms with van der Waals surface area (Å²) in [6, 6.07) is 8.30. The van der Waals surface area contributed by atoms with E-state index in [0.29, 0.717) is 6.42 Å². The van der Waals surface area contributed by atoms with Crippen LogP contribution >= 0.6 is 0 Å². The molecule has 0 saturated carbocycles. The molecule has 1 atom stereocenters. The molecule has 3 heteroatoms. The minimum atomic E-state index is -0.879. The molecule has 1 heterocycles. The third-order valence-corrected chi connectivity index (χ3v) is 4.23. The highest BCUT2D eigenvalue weighted by atomic mass is 16.3. The predicted molar refractivity (Wildman–Crippen MR) is 86.5 cm³/mol. The van der Waals surface area contributed by atoms with Crippen molar-refractivity contribution in [2.45, 2.75) is 59.6 Å². The first kappa shape index (κ1) is 15.8. The summed E-state index contributed by atoms with van der Waals surface area (Å²) in [5, 5.41) is 15.5. The van der Waals surface area contributed by atoms with Gasteiger partial charge in [-0.05, 0) is 56.9 Å². The Bertz CT molecular complexity index is 626. The minimum absolute atomic E-state index is 0.580. The van der Waals surface area contributed by atoms with Crippen molar-refractivity contribution in [3.05, 3.63) is 52.3 Å². The lowest BCUT2D eigenvalue weighted by atomic mass is 9.89. The Kier molecular flexibility index (Phi) is 4.52. The molecule has 0 bridgehead atoms. The average molecular weight is 286 g/mol. The minimum Gasteiger partial charge on any atom is -0.385 e. The first-order chi connectivity index (χ1) is 9.87. The lowest BCUT2D eigenvalue weighted by molar-refractivity contribution is 0.0553. The van der Waals surface area contributed by atoms with E-state index in [-0.39, 0.29) is 0 Å². The number of aryl methyl sites for hydroxylation is 4. The normalized spacial score (nSPS) is 14.2. The first-order valence-corrected chi connectivity index (χ1v) is 7.73. The van der Waals surface area contributed by atoms with Crippen LogP contribution in [-0.4, -0.2) is 14.9 Å². The zero-order valence-electron chi connectivity index (χ0n) is 13.8.